The van der Waals surface area contributed by atoms with E-state index in [9.17, 15) is 19.5 Å². The molecule has 3 N–H and O–H groups in total. The Kier molecular flexibility index (Phi) is 7.47. The molecular weight excluding hydrogens is 530 g/mol. The topological polar surface area (TPSA) is 126 Å². The van der Waals surface area contributed by atoms with Gasteiger partial charge in [0.05, 0.1) is 0 Å². The van der Waals surface area contributed by atoms with E-state index in [0.29, 0.717) is 41.9 Å². The number of fused-ring (bicyclic) bond motifs is 2. The number of benzene rings is 4. The number of nitrogens with one attached hydrogen (secondary N) is 2. The van der Waals surface area contributed by atoms with Crippen molar-refractivity contribution in [3.8, 4) is 0 Å². The summed E-state index contributed by atoms with van der Waals surface area (Å²) in [6.45, 7) is 0. The Morgan fingerprint density at radius 1 is 0.857 bits per heavy atom. The van der Waals surface area contributed by atoms with Crippen LogP contribution in [0, 0.1) is 0 Å². The summed E-state index contributed by atoms with van der Waals surface area (Å²) in [6, 6.07) is 28.5. The van der Waals surface area contributed by atoms with E-state index >= 15 is 0 Å². The van der Waals surface area contributed by atoms with Gasteiger partial charge in [0.25, 0.3) is 5.91 Å². The second kappa shape index (κ2) is 11.7. The molecule has 9 nitrogen and oxygen atoms in total. The molecule has 0 spiro atoms. The summed E-state index contributed by atoms with van der Waals surface area (Å²) in [5.74, 6) is -0.310. The van der Waals surface area contributed by atoms with Crippen LogP contribution in [-0.2, 0) is 28.9 Å². The molecule has 6 rings (SSSR count). The minimum atomic E-state index is -1.12. The van der Waals surface area contributed by atoms with Crippen molar-refractivity contribution in [2.45, 2.75) is 37.8 Å². The first-order valence-electron chi connectivity index (χ1n) is 13.8. The van der Waals surface area contributed by atoms with Gasteiger partial charge in [-0.3, -0.25) is 9.59 Å². The molecule has 0 aliphatic carbocycles. The lowest BCUT2D eigenvalue weighted by Crippen LogP contribution is -2.45. The van der Waals surface area contributed by atoms with E-state index in [4.69, 9.17) is 0 Å². The first-order chi connectivity index (χ1) is 20.4. The number of carboxylic acid groups (broad SMARTS) is 1. The number of hydrogen-bond acceptors (Lipinski definition) is 5. The van der Waals surface area contributed by atoms with Crippen LogP contribution in [0.2, 0.25) is 0 Å². The van der Waals surface area contributed by atoms with Crippen LogP contribution in [-0.4, -0.2) is 43.7 Å². The Morgan fingerprint density at radius 3 is 2.36 bits per heavy atom. The molecule has 42 heavy (non-hydrogen) atoms. The summed E-state index contributed by atoms with van der Waals surface area (Å²) >= 11 is 0. The van der Waals surface area contributed by atoms with Crippen molar-refractivity contribution in [2.24, 2.45) is 0 Å². The van der Waals surface area contributed by atoms with Crippen molar-refractivity contribution < 1.29 is 19.5 Å². The van der Waals surface area contributed by atoms with Gasteiger partial charge in [-0.05, 0) is 52.6 Å². The molecule has 2 heterocycles. The normalized spacial score (nSPS) is 14.7. The van der Waals surface area contributed by atoms with Crippen LogP contribution >= 0.6 is 0 Å². The molecule has 0 radical (unpaired) electrons. The van der Waals surface area contributed by atoms with Crippen LogP contribution in [0.1, 0.15) is 45.6 Å². The summed E-state index contributed by atoms with van der Waals surface area (Å²) in [7, 11) is 0. The fourth-order valence-electron chi connectivity index (χ4n) is 5.39. The zero-order chi connectivity index (χ0) is 29.1. The quantitative estimate of drug-likeness (QED) is 0.243. The number of nitrogens with zero attached hydrogens (tertiary/aromatic N) is 3. The third-order valence-corrected chi connectivity index (χ3v) is 7.58. The van der Waals surface area contributed by atoms with Crippen LogP contribution in [0.25, 0.3) is 10.8 Å². The number of anilines is 1. The summed E-state index contributed by atoms with van der Waals surface area (Å²) < 4.78 is 1.84. The lowest BCUT2D eigenvalue weighted by atomic mass is 10.0. The predicted molar refractivity (Wildman–Crippen MR) is 158 cm³/mol. The molecule has 2 atom stereocenters. The maximum atomic E-state index is 13.3. The fraction of sp³-hybridized carbons (Fsp3) is 0.182. The molecule has 0 fully saturated rings. The van der Waals surface area contributed by atoms with E-state index in [2.05, 4.69) is 20.8 Å². The summed E-state index contributed by atoms with van der Waals surface area (Å²) in [6.07, 6.45) is 1.77. The summed E-state index contributed by atoms with van der Waals surface area (Å²) in [4.78, 5) is 38.2. The lowest BCUT2D eigenvalue weighted by Gasteiger charge is -2.20. The maximum absolute atomic E-state index is 13.3. The van der Waals surface area contributed by atoms with Crippen molar-refractivity contribution in [1.29, 1.82) is 0 Å². The number of aryl methyl sites for hydroxylation is 1. The number of aliphatic carboxylic acids is 1. The molecule has 0 saturated carbocycles. The van der Waals surface area contributed by atoms with E-state index in [1.807, 2.05) is 71.3 Å². The van der Waals surface area contributed by atoms with E-state index in [1.165, 1.54) is 0 Å². The molecule has 2 amide bonds. The van der Waals surface area contributed by atoms with Gasteiger partial charge in [-0.1, -0.05) is 72.8 Å². The van der Waals surface area contributed by atoms with Crippen molar-refractivity contribution in [3.63, 3.8) is 0 Å². The van der Waals surface area contributed by atoms with E-state index < -0.39 is 18.1 Å². The number of carbonyl (C=O) groups is 3. The van der Waals surface area contributed by atoms with Crippen molar-refractivity contribution in [1.82, 2.24) is 20.1 Å². The summed E-state index contributed by atoms with van der Waals surface area (Å²) in [5, 5.41) is 26.1. The van der Waals surface area contributed by atoms with Crippen LogP contribution in [0.3, 0.4) is 0 Å². The molecule has 4 aromatic carbocycles. The van der Waals surface area contributed by atoms with E-state index in [1.54, 1.807) is 30.3 Å². The standard InChI is InChI=1S/C33H29N5O4/c39-31(25-13-12-23-8-4-5-9-24(23)20-25)34-26-14-10-22(11-15-26)18-27(33(41)42)35-32(40)28-16-17-29-36-37-30(38(28)29)19-21-6-2-1-3-7-21/h1-15,20,27-28H,16-19H2,(H,34,39)(H,35,40)(H,41,42)/t27-,28-/m0/s1. The zero-order valence-corrected chi connectivity index (χ0v) is 22.7. The van der Waals surface area contributed by atoms with Crippen LogP contribution in [0.5, 0.6) is 0 Å². The van der Waals surface area contributed by atoms with Gasteiger partial charge in [0.15, 0.2) is 0 Å². The molecule has 0 unspecified atom stereocenters. The highest BCUT2D eigenvalue weighted by molar-refractivity contribution is 6.06. The van der Waals surface area contributed by atoms with Gasteiger partial charge in [-0.15, -0.1) is 10.2 Å². The highest BCUT2D eigenvalue weighted by Gasteiger charge is 2.34. The summed E-state index contributed by atoms with van der Waals surface area (Å²) in [5.41, 5.74) is 2.90. The molecule has 0 saturated heterocycles. The maximum Gasteiger partial charge on any atom is 0.326 e. The van der Waals surface area contributed by atoms with Gasteiger partial charge in [-0.2, -0.15) is 0 Å². The second-order valence-corrected chi connectivity index (χ2v) is 10.4. The van der Waals surface area contributed by atoms with Gasteiger partial charge >= 0.3 is 5.97 Å². The molecule has 1 aromatic heterocycles. The van der Waals surface area contributed by atoms with Crippen molar-refractivity contribution in [3.05, 3.63) is 125 Å². The Balaban J connectivity index is 1.10. The minimum absolute atomic E-state index is 0.0958. The first kappa shape index (κ1) is 26.9. The smallest absolute Gasteiger partial charge is 0.326 e. The molecule has 5 aromatic rings. The lowest BCUT2D eigenvalue weighted by molar-refractivity contribution is -0.142. The average Bonchev–Trinajstić information content (AvgIpc) is 3.61. The number of amides is 2. The van der Waals surface area contributed by atoms with Crippen LogP contribution < -0.4 is 10.6 Å². The second-order valence-electron chi connectivity index (χ2n) is 10.4. The van der Waals surface area contributed by atoms with Gasteiger partial charge < -0.3 is 20.3 Å². The number of carboxylic acids is 1. The minimum Gasteiger partial charge on any atom is -0.480 e. The zero-order valence-electron chi connectivity index (χ0n) is 22.7. The molecule has 210 valence electrons. The monoisotopic (exact) mass is 559 g/mol. The third-order valence-electron chi connectivity index (χ3n) is 7.58. The average molecular weight is 560 g/mol. The number of aromatic nitrogens is 3. The van der Waals surface area contributed by atoms with Gasteiger partial charge in [0.1, 0.15) is 23.7 Å². The molecular formula is C33H29N5O4. The Labute approximate surface area is 242 Å². The Bertz CT molecular complexity index is 1760. The first-order valence-corrected chi connectivity index (χ1v) is 13.8. The molecule has 9 heteroatoms. The highest BCUT2D eigenvalue weighted by Crippen LogP contribution is 2.28. The molecule has 0 bridgehead atoms. The fourth-order valence-corrected chi connectivity index (χ4v) is 5.39. The van der Waals surface area contributed by atoms with Gasteiger partial charge in [0, 0.05) is 30.5 Å². The number of rotatable bonds is 9. The predicted octanol–water partition coefficient (Wildman–Crippen LogP) is 4.57. The Hall–Kier alpha value is -5.31. The van der Waals surface area contributed by atoms with Crippen LogP contribution in [0.15, 0.2) is 97.1 Å². The third kappa shape index (κ3) is 5.76. The van der Waals surface area contributed by atoms with Gasteiger partial charge in [-0.25, -0.2) is 4.79 Å². The SMILES string of the molecule is O=C(Nc1ccc(C[C@H](NC(=O)[C@@H]2CCc3nnc(Cc4ccccc4)n32)C(=O)O)cc1)c1ccc2ccccc2c1. The Morgan fingerprint density at radius 2 is 1.60 bits per heavy atom. The highest BCUT2D eigenvalue weighted by atomic mass is 16.4. The van der Waals surface area contributed by atoms with Crippen molar-refractivity contribution >= 4 is 34.2 Å². The number of carbonyl (C=O) groups excluding carboxylic acids is 2. The molecule has 1 aliphatic rings. The van der Waals surface area contributed by atoms with Crippen LogP contribution in [0.4, 0.5) is 5.69 Å². The number of hydrogen-bond donors (Lipinski definition) is 3. The van der Waals surface area contributed by atoms with E-state index in [0.717, 1.165) is 22.2 Å². The van der Waals surface area contributed by atoms with E-state index in [-0.39, 0.29) is 18.2 Å². The molecule has 1 aliphatic heterocycles. The largest absolute Gasteiger partial charge is 0.480 e. The van der Waals surface area contributed by atoms with Gasteiger partial charge in [0.2, 0.25) is 5.91 Å². The van der Waals surface area contributed by atoms with Crippen molar-refractivity contribution in [2.75, 3.05) is 5.32 Å².